The minimum Gasteiger partial charge on any atom is -0.365 e. The van der Waals surface area contributed by atoms with E-state index in [0.29, 0.717) is 5.92 Å². The summed E-state index contributed by atoms with van der Waals surface area (Å²) in [5.41, 5.74) is 1.26. The summed E-state index contributed by atoms with van der Waals surface area (Å²) in [6.45, 7) is 4.44. The van der Waals surface area contributed by atoms with Crippen LogP contribution in [0.3, 0.4) is 0 Å². The zero-order valence-corrected chi connectivity index (χ0v) is 9.03. The highest BCUT2D eigenvalue weighted by Crippen LogP contribution is 2.02. The first-order valence-electron chi connectivity index (χ1n) is 5.28. The molecule has 0 bridgehead atoms. The molecule has 0 aliphatic rings. The number of aromatic nitrogens is 1. The van der Waals surface area contributed by atoms with Crippen LogP contribution in [0.5, 0.6) is 0 Å². The van der Waals surface area contributed by atoms with E-state index in [1.54, 1.807) is 0 Å². The number of H-pyrrole nitrogens is 1. The lowest BCUT2D eigenvalue weighted by Crippen LogP contribution is -1.83. The maximum Gasteiger partial charge on any atom is 0.0185 e. The quantitative estimate of drug-likeness (QED) is 0.679. The van der Waals surface area contributed by atoms with Crippen LogP contribution in [0.1, 0.15) is 26.0 Å². The molecule has 0 aromatic carbocycles. The second-order valence-corrected chi connectivity index (χ2v) is 3.60. The molecule has 0 saturated carbocycles. The second-order valence-electron chi connectivity index (χ2n) is 3.60. The SMILES string of the molecule is CC[C@H](C)/C=C/C=C/Cc1ccc[nH]1. The number of hydrogen-bond acceptors (Lipinski definition) is 0. The lowest BCUT2D eigenvalue weighted by atomic mass is 10.1. The van der Waals surface area contributed by atoms with Gasteiger partial charge in [0.05, 0.1) is 0 Å². The van der Waals surface area contributed by atoms with Gasteiger partial charge in [-0.05, 0) is 18.1 Å². The molecule has 0 saturated heterocycles. The van der Waals surface area contributed by atoms with Crippen LogP contribution < -0.4 is 0 Å². The van der Waals surface area contributed by atoms with Crippen LogP contribution in [0.15, 0.2) is 42.6 Å². The molecule has 0 aliphatic heterocycles. The Morgan fingerprint density at radius 1 is 1.43 bits per heavy atom. The average molecular weight is 189 g/mol. The summed E-state index contributed by atoms with van der Waals surface area (Å²) in [5.74, 6) is 0.685. The fourth-order valence-corrected chi connectivity index (χ4v) is 1.16. The highest BCUT2D eigenvalue weighted by atomic mass is 14.7. The molecule has 1 nitrogen and oxygen atoms in total. The van der Waals surface area contributed by atoms with Crippen LogP contribution in [-0.4, -0.2) is 4.98 Å². The van der Waals surface area contributed by atoms with Gasteiger partial charge in [-0.1, -0.05) is 44.6 Å². The van der Waals surface area contributed by atoms with Crippen LogP contribution in [0, 0.1) is 5.92 Å². The zero-order valence-electron chi connectivity index (χ0n) is 9.03. The summed E-state index contributed by atoms with van der Waals surface area (Å²) in [4.78, 5) is 3.17. The van der Waals surface area contributed by atoms with Gasteiger partial charge in [-0.3, -0.25) is 0 Å². The van der Waals surface area contributed by atoms with Crippen LogP contribution in [0.2, 0.25) is 0 Å². The molecule has 1 aromatic heterocycles. The summed E-state index contributed by atoms with van der Waals surface area (Å²) >= 11 is 0. The van der Waals surface area contributed by atoms with Crippen molar-refractivity contribution in [2.24, 2.45) is 5.92 Å². The van der Waals surface area contributed by atoms with E-state index in [1.807, 2.05) is 12.3 Å². The lowest BCUT2D eigenvalue weighted by Gasteiger charge is -1.96. The second kappa shape index (κ2) is 6.25. The molecular weight excluding hydrogens is 170 g/mol. The number of nitrogens with one attached hydrogen (secondary N) is 1. The highest BCUT2D eigenvalue weighted by molar-refractivity contribution is 5.11. The number of aromatic amines is 1. The Kier molecular flexibility index (Phi) is 4.84. The van der Waals surface area contributed by atoms with Gasteiger partial charge in [0.25, 0.3) is 0 Å². The van der Waals surface area contributed by atoms with E-state index in [9.17, 15) is 0 Å². The normalized spacial score (nSPS) is 14.1. The van der Waals surface area contributed by atoms with E-state index in [2.05, 4.69) is 49.2 Å². The van der Waals surface area contributed by atoms with Gasteiger partial charge in [0.2, 0.25) is 0 Å². The molecule has 1 heterocycles. The van der Waals surface area contributed by atoms with Crippen molar-refractivity contribution in [1.82, 2.24) is 4.98 Å². The molecule has 1 aromatic rings. The molecule has 1 atom stereocenters. The molecular formula is C13H19N. The van der Waals surface area contributed by atoms with Gasteiger partial charge in [-0.25, -0.2) is 0 Å². The Balaban J connectivity index is 2.25. The Morgan fingerprint density at radius 3 is 2.93 bits per heavy atom. The van der Waals surface area contributed by atoms with Gasteiger partial charge in [-0.15, -0.1) is 0 Å². The van der Waals surface area contributed by atoms with Crippen LogP contribution >= 0.6 is 0 Å². The van der Waals surface area contributed by atoms with Crippen molar-refractivity contribution in [2.75, 3.05) is 0 Å². The number of hydrogen-bond donors (Lipinski definition) is 1. The third kappa shape index (κ3) is 4.13. The monoisotopic (exact) mass is 189 g/mol. The first-order valence-corrected chi connectivity index (χ1v) is 5.28. The number of allylic oxidation sites excluding steroid dienone is 4. The first kappa shape index (κ1) is 10.8. The van der Waals surface area contributed by atoms with E-state index in [4.69, 9.17) is 0 Å². The van der Waals surface area contributed by atoms with Crippen molar-refractivity contribution in [3.8, 4) is 0 Å². The smallest absolute Gasteiger partial charge is 0.0185 e. The summed E-state index contributed by atoms with van der Waals surface area (Å²) in [6, 6.07) is 4.13. The first-order chi connectivity index (χ1) is 6.83. The Morgan fingerprint density at radius 2 is 2.29 bits per heavy atom. The van der Waals surface area contributed by atoms with E-state index < -0.39 is 0 Å². The van der Waals surface area contributed by atoms with Crippen molar-refractivity contribution in [3.05, 3.63) is 48.3 Å². The van der Waals surface area contributed by atoms with Gasteiger partial charge < -0.3 is 4.98 Å². The highest BCUT2D eigenvalue weighted by Gasteiger charge is 1.88. The van der Waals surface area contributed by atoms with Crippen molar-refractivity contribution >= 4 is 0 Å². The lowest BCUT2D eigenvalue weighted by molar-refractivity contribution is 0.698. The summed E-state index contributed by atoms with van der Waals surface area (Å²) < 4.78 is 0. The van der Waals surface area contributed by atoms with Gasteiger partial charge in [-0.2, -0.15) is 0 Å². The van der Waals surface area contributed by atoms with Crippen molar-refractivity contribution in [3.63, 3.8) is 0 Å². The molecule has 0 amide bonds. The molecule has 1 N–H and O–H groups in total. The van der Waals surface area contributed by atoms with Crippen LogP contribution in [0.4, 0.5) is 0 Å². The molecule has 76 valence electrons. The fraction of sp³-hybridized carbons (Fsp3) is 0.385. The molecule has 0 unspecified atom stereocenters. The molecule has 14 heavy (non-hydrogen) atoms. The maximum absolute atomic E-state index is 3.17. The van der Waals surface area contributed by atoms with Crippen molar-refractivity contribution in [1.29, 1.82) is 0 Å². The molecule has 0 spiro atoms. The maximum atomic E-state index is 3.17. The Bertz CT molecular complexity index is 280. The molecule has 0 aliphatic carbocycles. The molecule has 0 fully saturated rings. The minimum atomic E-state index is 0.685. The van der Waals surface area contributed by atoms with Crippen LogP contribution in [0.25, 0.3) is 0 Å². The van der Waals surface area contributed by atoms with E-state index >= 15 is 0 Å². The standard InChI is InChI=1S/C13H19N/c1-3-12(2)8-5-4-6-9-13-10-7-11-14-13/h4-8,10-12,14H,3,9H2,1-2H3/b6-4+,8-5+/t12-/m0/s1. The summed E-state index contributed by atoms with van der Waals surface area (Å²) in [5, 5.41) is 0. The van der Waals surface area contributed by atoms with Gasteiger partial charge >= 0.3 is 0 Å². The predicted molar refractivity (Wildman–Crippen MR) is 62.2 cm³/mol. The summed E-state index contributed by atoms with van der Waals surface area (Å²) in [7, 11) is 0. The average Bonchev–Trinajstić information content (AvgIpc) is 2.69. The molecule has 0 radical (unpaired) electrons. The Hall–Kier alpha value is -1.24. The molecule has 1 rings (SSSR count). The van der Waals surface area contributed by atoms with E-state index in [0.717, 1.165) is 6.42 Å². The fourth-order valence-electron chi connectivity index (χ4n) is 1.16. The van der Waals surface area contributed by atoms with E-state index in [-0.39, 0.29) is 0 Å². The number of rotatable bonds is 5. The topological polar surface area (TPSA) is 15.8 Å². The largest absolute Gasteiger partial charge is 0.365 e. The van der Waals surface area contributed by atoms with Gasteiger partial charge in [0.15, 0.2) is 0 Å². The third-order valence-corrected chi connectivity index (χ3v) is 2.33. The van der Waals surface area contributed by atoms with Gasteiger partial charge in [0.1, 0.15) is 0 Å². The Labute approximate surface area is 86.5 Å². The third-order valence-electron chi connectivity index (χ3n) is 2.33. The van der Waals surface area contributed by atoms with Crippen molar-refractivity contribution in [2.45, 2.75) is 26.7 Å². The minimum absolute atomic E-state index is 0.685. The van der Waals surface area contributed by atoms with Crippen molar-refractivity contribution < 1.29 is 0 Å². The molecule has 1 heteroatoms. The zero-order chi connectivity index (χ0) is 10.2. The predicted octanol–water partition coefficient (Wildman–Crippen LogP) is 3.72. The van der Waals surface area contributed by atoms with E-state index in [1.165, 1.54) is 12.1 Å². The summed E-state index contributed by atoms with van der Waals surface area (Å²) in [6.07, 6.45) is 12.8. The van der Waals surface area contributed by atoms with Gasteiger partial charge in [0, 0.05) is 18.3 Å². The van der Waals surface area contributed by atoms with Crippen LogP contribution in [-0.2, 0) is 6.42 Å².